The molecule has 0 spiro atoms. The van der Waals surface area contributed by atoms with E-state index in [0.29, 0.717) is 19.4 Å². The molecule has 38 heavy (non-hydrogen) atoms. The number of thiocarbonyl (C=S) groups is 1. The number of hydrogen-bond acceptors (Lipinski definition) is 4. The number of halogens is 1. The van der Waals surface area contributed by atoms with Gasteiger partial charge in [-0.1, -0.05) is 72.9 Å². The van der Waals surface area contributed by atoms with E-state index in [1.807, 2.05) is 36.4 Å². The number of alkyl carbamates (subject to hydrolysis) is 1. The fourth-order valence-corrected chi connectivity index (χ4v) is 5.30. The van der Waals surface area contributed by atoms with Gasteiger partial charge in [0.2, 0.25) is 0 Å². The molecule has 1 aliphatic rings. The van der Waals surface area contributed by atoms with E-state index in [1.54, 1.807) is 0 Å². The van der Waals surface area contributed by atoms with Crippen LogP contribution < -0.4 is 10.6 Å². The lowest BCUT2D eigenvalue weighted by atomic mass is 9.98. The third-order valence-corrected chi connectivity index (χ3v) is 7.80. The van der Waals surface area contributed by atoms with Gasteiger partial charge in [-0.05, 0) is 88.2 Å². The summed E-state index contributed by atoms with van der Waals surface area (Å²) in [6.45, 7) is 0.818. The van der Waals surface area contributed by atoms with Crippen molar-refractivity contribution in [1.29, 1.82) is 0 Å². The molecule has 0 heterocycles. The summed E-state index contributed by atoms with van der Waals surface area (Å²) in [7, 11) is 0. The number of benzene rings is 3. The van der Waals surface area contributed by atoms with Gasteiger partial charge in [-0.3, -0.25) is 0 Å². The number of nitrogens with one attached hydrogen (secondary N) is 2. The Kier molecular flexibility index (Phi) is 10.1. The lowest BCUT2D eigenvalue weighted by Gasteiger charge is -2.17. The molecule has 0 saturated carbocycles. The van der Waals surface area contributed by atoms with Crippen molar-refractivity contribution in [2.45, 2.75) is 44.1 Å². The number of aliphatic carboxylic acids is 1. The summed E-state index contributed by atoms with van der Waals surface area (Å²) < 4.78 is 6.71. The van der Waals surface area contributed by atoms with Crippen molar-refractivity contribution in [3.8, 4) is 11.1 Å². The van der Waals surface area contributed by atoms with Crippen LogP contribution in [0.2, 0.25) is 0 Å². The van der Waals surface area contributed by atoms with Gasteiger partial charge in [0.05, 0.1) is 4.99 Å². The molecule has 0 radical (unpaired) electrons. The first-order valence-electron chi connectivity index (χ1n) is 12.8. The number of rotatable bonds is 12. The lowest BCUT2D eigenvalue weighted by molar-refractivity contribution is -0.139. The largest absolute Gasteiger partial charge is 0.480 e. The number of carbonyl (C=O) groups is 2. The Morgan fingerprint density at radius 3 is 2.21 bits per heavy atom. The first kappa shape index (κ1) is 28.0. The Bertz CT molecular complexity index is 1240. The van der Waals surface area contributed by atoms with Gasteiger partial charge in [0.15, 0.2) is 0 Å². The maximum atomic E-state index is 12.5. The Morgan fingerprint density at radius 2 is 1.58 bits per heavy atom. The molecular weight excluding hydrogens is 611 g/mol. The van der Waals surface area contributed by atoms with Crippen molar-refractivity contribution in [2.75, 3.05) is 13.2 Å². The Labute approximate surface area is 242 Å². The second-order valence-electron chi connectivity index (χ2n) is 9.33. The van der Waals surface area contributed by atoms with E-state index < -0.39 is 18.1 Å². The smallest absolute Gasteiger partial charge is 0.407 e. The Balaban J connectivity index is 1.17. The first-order valence-corrected chi connectivity index (χ1v) is 14.3. The maximum absolute atomic E-state index is 12.5. The zero-order chi connectivity index (χ0) is 26.9. The third-order valence-electron chi connectivity index (χ3n) is 6.73. The van der Waals surface area contributed by atoms with Gasteiger partial charge in [0.25, 0.3) is 0 Å². The van der Waals surface area contributed by atoms with Gasteiger partial charge >= 0.3 is 12.1 Å². The number of unbranched alkanes of at least 4 members (excludes halogenated alkanes) is 1. The highest BCUT2D eigenvalue weighted by atomic mass is 127. The van der Waals surface area contributed by atoms with Gasteiger partial charge in [-0.2, -0.15) is 0 Å². The van der Waals surface area contributed by atoms with Gasteiger partial charge in [-0.15, -0.1) is 0 Å². The molecule has 4 rings (SSSR count). The second kappa shape index (κ2) is 13.7. The minimum Gasteiger partial charge on any atom is -0.480 e. The monoisotopic (exact) mass is 642 g/mol. The normalized spacial score (nSPS) is 12.8. The molecule has 3 N–H and O–H groups in total. The second-order valence-corrected chi connectivity index (χ2v) is 11.1. The number of carboxylic acid groups (broad SMARTS) is 1. The predicted molar refractivity (Wildman–Crippen MR) is 162 cm³/mol. The molecule has 8 heteroatoms. The van der Waals surface area contributed by atoms with Gasteiger partial charge in [-0.25, -0.2) is 9.59 Å². The summed E-state index contributed by atoms with van der Waals surface area (Å²) in [6.07, 6.45) is 2.64. The summed E-state index contributed by atoms with van der Waals surface area (Å²) in [6, 6.07) is 23.6. The van der Waals surface area contributed by atoms with Crippen molar-refractivity contribution < 1.29 is 19.4 Å². The molecule has 6 nitrogen and oxygen atoms in total. The van der Waals surface area contributed by atoms with E-state index in [9.17, 15) is 14.7 Å². The molecule has 0 saturated heterocycles. The highest BCUT2D eigenvalue weighted by molar-refractivity contribution is 14.1. The van der Waals surface area contributed by atoms with Crippen LogP contribution in [0.25, 0.3) is 11.1 Å². The van der Waals surface area contributed by atoms with Crippen LogP contribution in [0.3, 0.4) is 0 Å². The van der Waals surface area contributed by atoms with Gasteiger partial charge in [0.1, 0.15) is 12.6 Å². The fraction of sp³-hybridized carbons (Fsp3) is 0.300. The summed E-state index contributed by atoms with van der Waals surface area (Å²) in [4.78, 5) is 25.0. The Hall–Kier alpha value is -2.98. The fourth-order valence-electron chi connectivity index (χ4n) is 4.74. The van der Waals surface area contributed by atoms with E-state index in [4.69, 9.17) is 17.0 Å². The summed E-state index contributed by atoms with van der Waals surface area (Å²) >= 11 is 7.71. The lowest BCUT2D eigenvalue weighted by Crippen LogP contribution is -2.41. The van der Waals surface area contributed by atoms with Gasteiger partial charge < -0.3 is 20.5 Å². The van der Waals surface area contributed by atoms with E-state index in [2.05, 4.69) is 69.6 Å². The Morgan fingerprint density at radius 1 is 0.947 bits per heavy atom. The summed E-state index contributed by atoms with van der Waals surface area (Å²) in [5, 5.41) is 15.4. The zero-order valence-electron chi connectivity index (χ0n) is 21.0. The molecule has 0 aliphatic heterocycles. The molecule has 0 unspecified atom stereocenters. The standard InChI is InChI=1S/C30H31IN2O4S/c31-21-15-12-20(13-16-21)14-17-28(38)32-18-6-5-11-27(29(34)35)33-30(36)37-19-26-24-9-3-1-7-22(24)23-8-2-4-10-25(23)26/h1-4,7-10,12-13,15-16,26-27H,5-6,11,14,17-19H2,(H,32,38)(H,33,36)(H,34,35)/t27-/m0/s1. The van der Waals surface area contributed by atoms with Crippen molar-refractivity contribution in [2.24, 2.45) is 0 Å². The molecule has 3 aromatic rings. The summed E-state index contributed by atoms with van der Waals surface area (Å²) in [5.74, 6) is -1.14. The number of fused-ring (bicyclic) bond motifs is 3. The van der Waals surface area contributed by atoms with E-state index in [1.165, 1.54) is 9.13 Å². The van der Waals surface area contributed by atoms with Crippen LogP contribution >= 0.6 is 34.8 Å². The van der Waals surface area contributed by atoms with Crippen molar-refractivity contribution in [3.05, 3.63) is 93.1 Å². The van der Waals surface area contributed by atoms with Crippen LogP contribution in [0, 0.1) is 3.57 Å². The number of carboxylic acids is 1. The molecule has 3 aromatic carbocycles. The van der Waals surface area contributed by atoms with Crippen LogP contribution in [0.15, 0.2) is 72.8 Å². The number of aryl methyl sites for hydroxylation is 1. The van der Waals surface area contributed by atoms with E-state index in [-0.39, 0.29) is 12.5 Å². The van der Waals surface area contributed by atoms with Crippen LogP contribution in [-0.4, -0.2) is 41.4 Å². The highest BCUT2D eigenvalue weighted by Gasteiger charge is 2.29. The molecule has 1 aliphatic carbocycles. The topological polar surface area (TPSA) is 87.7 Å². The van der Waals surface area contributed by atoms with Crippen molar-refractivity contribution in [1.82, 2.24) is 10.6 Å². The molecule has 0 fully saturated rings. The molecule has 0 bridgehead atoms. The maximum Gasteiger partial charge on any atom is 0.407 e. The van der Waals surface area contributed by atoms with Crippen LogP contribution in [-0.2, 0) is 16.0 Å². The van der Waals surface area contributed by atoms with E-state index in [0.717, 1.165) is 46.5 Å². The van der Waals surface area contributed by atoms with Gasteiger partial charge in [0, 0.05) is 22.5 Å². The molecule has 0 aromatic heterocycles. The number of hydrogen-bond donors (Lipinski definition) is 3. The van der Waals surface area contributed by atoms with Crippen LogP contribution in [0.4, 0.5) is 4.79 Å². The first-order chi connectivity index (χ1) is 18.4. The molecule has 198 valence electrons. The van der Waals surface area contributed by atoms with Crippen molar-refractivity contribution in [3.63, 3.8) is 0 Å². The molecule has 1 atom stereocenters. The average Bonchev–Trinajstić information content (AvgIpc) is 3.24. The average molecular weight is 643 g/mol. The van der Waals surface area contributed by atoms with Crippen LogP contribution in [0.1, 0.15) is 48.3 Å². The number of amides is 1. The van der Waals surface area contributed by atoms with E-state index >= 15 is 0 Å². The highest BCUT2D eigenvalue weighted by Crippen LogP contribution is 2.44. The molecule has 1 amide bonds. The van der Waals surface area contributed by atoms with Crippen molar-refractivity contribution >= 4 is 51.9 Å². The number of carbonyl (C=O) groups excluding carboxylic acids is 1. The minimum atomic E-state index is -1.07. The third kappa shape index (κ3) is 7.54. The summed E-state index contributed by atoms with van der Waals surface area (Å²) in [5.41, 5.74) is 5.76. The molecular formula is C30H31IN2O4S. The number of ether oxygens (including phenoxy) is 1. The minimum absolute atomic E-state index is 0.0722. The quantitative estimate of drug-likeness (QED) is 0.122. The predicted octanol–water partition coefficient (Wildman–Crippen LogP) is 6.30. The SMILES string of the molecule is O=C(N[C@@H](CCCCNC(=S)CCc1ccc(I)cc1)C(=O)O)OCC1c2ccccc2-c2ccccc21. The zero-order valence-corrected chi connectivity index (χ0v) is 24.0. The van der Waals surface area contributed by atoms with Crippen LogP contribution in [0.5, 0.6) is 0 Å².